The highest BCUT2D eigenvalue weighted by Crippen LogP contribution is 2.27. The van der Waals surface area contributed by atoms with E-state index < -0.39 is 6.04 Å². The number of hydrogen-bond donors (Lipinski definition) is 2. The Balaban J connectivity index is 1.52. The van der Waals surface area contributed by atoms with E-state index in [1.165, 1.54) is 11.8 Å². The monoisotopic (exact) mass is 382 g/mol. The first-order chi connectivity index (χ1) is 13.1. The first kappa shape index (κ1) is 17.7. The number of rotatable bonds is 4. The van der Waals surface area contributed by atoms with Gasteiger partial charge in [0, 0.05) is 17.3 Å². The van der Waals surface area contributed by atoms with Crippen molar-refractivity contribution in [3.63, 3.8) is 0 Å². The van der Waals surface area contributed by atoms with E-state index in [0.29, 0.717) is 17.4 Å². The van der Waals surface area contributed by atoms with E-state index in [1.54, 1.807) is 12.1 Å². The SMILES string of the molecule is C[C@H](Nc1ccc2ncc3c(c2c1)CCOC3)C(=O)Nc1ccc(Cl)nc1. The van der Waals surface area contributed by atoms with Crippen molar-refractivity contribution in [2.75, 3.05) is 17.2 Å². The molecule has 0 bridgehead atoms. The lowest BCUT2D eigenvalue weighted by Crippen LogP contribution is -2.31. The largest absolute Gasteiger partial charge is 0.376 e. The summed E-state index contributed by atoms with van der Waals surface area (Å²) < 4.78 is 5.51. The van der Waals surface area contributed by atoms with Gasteiger partial charge in [0.2, 0.25) is 5.91 Å². The van der Waals surface area contributed by atoms with Crippen LogP contribution >= 0.6 is 11.6 Å². The number of pyridine rings is 2. The molecule has 2 N–H and O–H groups in total. The molecule has 0 saturated heterocycles. The van der Waals surface area contributed by atoms with E-state index in [4.69, 9.17) is 16.3 Å². The summed E-state index contributed by atoms with van der Waals surface area (Å²) in [5, 5.41) is 7.57. The lowest BCUT2D eigenvalue weighted by molar-refractivity contribution is -0.116. The van der Waals surface area contributed by atoms with Crippen LogP contribution in [0.25, 0.3) is 10.9 Å². The van der Waals surface area contributed by atoms with Crippen molar-refractivity contribution in [2.24, 2.45) is 0 Å². The van der Waals surface area contributed by atoms with Crippen molar-refractivity contribution < 1.29 is 9.53 Å². The number of carbonyl (C=O) groups is 1. The van der Waals surface area contributed by atoms with E-state index in [9.17, 15) is 4.79 Å². The second-order valence-corrected chi connectivity index (χ2v) is 6.91. The zero-order valence-corrected chi connectivity index (χ0v) is 15.6. The van der Waals surface area contributed by atoms with Crippen LogP contribution in [0.4, 0.5) is 11.4 Å². The molecule has 1 aromatic carbocycles. The number of amides is 1. The van der Waals surface area contributed by atoms with Crippen LogP contribution in [0, 0.1) is 0 Å². The van der Waals surface area contributed by atoms with E-state index in [2.05, 4.69) is 26.7 Å². The minimum atomic E-state index is -0.422. The van der Waals surface area contributed by atoms with Crippen LogP contribution in [0.5, 0.6) is 0 Å². The normalized spacial score (nSPS) is 14.4. The molecule has 4 rings (SSSR count). The van der Waals surface area contributed by atoms with Gasteiger partial charge in [-0.05, 0) is 54.8 Å². The molecule has 0 fully saturated rings. The predicted molar refractivity (Wildman–Crippen MR) is 106 cm³/mol. The second-order valence-electron chi connectivity index (χ2n) is 6.52. The fraction of sp³-hybridized carbons (Fsp3) is 0.250. The summed E-state index contributed by atoms with van der Waals surface area (Å²) in [7, 11) is 0. The standard InChI is InChI=1S/C20H19ClN4O2/c1-12(20(26)25-15-3-5-19(21)23-10-15)24-14-2-4-18-17(8-14)16-6-7-27-11-13(16)9-22-18/h2-5,8-10,12,24H,6-7,11H2,1H3,(H,25,26)/t12-/m0/s1. The molecular formula is C20H19ClN4O2. The Morgan fingerprint density at radius 1 is 1.19 bits per heavy atom. The summed E-state index contributed by atoms with van der Waals surface area (Å²) in [4.78, 5) is 20.9. The van der Waals surface area contributed by atoms with E-state index in [0.717, 1.165) is 35.2 Å². The summed E-state index contributed by atoms with van der Waals surface area (Å²) in [5.74, 6) is -0.152. The summed E-state index contributed by atoms with van der Waals surface area (Å²) in [6.45, 7) is 3.14. The van der Waals surface area contributed by atoms with Gasteiger partial charge in [-0.2, -0.15) is 0 Å². The molecule has 1 amide bonds. The lowest BCUT2D eigenvalue weighted by Gasteiger charge is -2.19. The maximum atomic E-state index is 12.4. The smallest absolute Gasteiger partial charge is 0.246 e. The predicted octanol–water partition coefficient (Wildman–Crippen LogP) is 3.80. The molecule has 0 unspecified atom stereocenters. The third-order valence-corrected chi connectivity index (χ3v) is 4.82. The zero-order valence-electron chi connectivity index (χ0n) is 14.8. The molecule has 138 valence electrons. The van der Waals surface area contributed by atoms with Crippen LogP contribution in [0.2, 0.25) is 5.15 Å². The van der Waals surface area contributed by atoms with Gasteiger partial charge < -0.3 is 15.4 Å². The first-order valence-corrected chi connectivity index (χ1v) is 9.15. The van der Waals surface area contributed by atoms with Crippen molar-refractivity contribution in [3.05, 3.63) is 59.0 Å². The molecule has 3 heterocycles. The van der Waals surface area contributed by atoms with Gasteiger partial charge in [-0.1, -0.05) is 11.6 Å². The summed E-state index contributed by atoms with van der Waals surface area (Å²) in [6, 6.07) is 8.90. The van der Waals surface area contributed by atoms with Crippen LogP contribution in [0.3, 0.4) is 0 Å². The van der Waals surface area contributed by atoms with Gasteiger partial charge in [0.25, 0.3) is 0 Å². The molecule has 0 spiro atoms. The summed E-state index contributed by atoms with van der Waals surface area (Å²) in [5.41, 5.74) is 4.84. The van der Waals surface area contributed by atoms with Crippen molar-refractivity contribution >= 4 is 39.8 Å². The number of carbonyl (C=O) groups excluding carboxylic acids is 1. The van der Waals surface area contributed by atoms with Crippen molar-refractivity contribution in [1.29, 1.82) is 0 Å². The van der Waals surface area contributed by atoms with Gasteiger partial charge in [-0.15, -0.1) is 0 Å². The third-order valence-electron chi connectivity index (χ3n) is 4.59. The van der Waals surface area contributed by atoms with Gasteiger partial charge in [0.15, 0.2) is 0 Å². The fourth-order valence-corrected chi connectivity index (χ4v) is 3.28. The van der Waals surface area contributed by atoms with E-state index in [-0.39, 0.29) is 5.91 Å². The number of hydrogen-bond acceptors (Lipinski definition) is 5. The number of halogens is 1. The molecule has 2 aromatic heterocycles. The maximum absolute atomic E-state index is 12.4. The van der Waals surface area contributed by atoms with E-state index >= 15 is 0 Å². The first-order valence-electron chi connectivity index (χ1n) is 8.77. The molecule has 1 aliphatic rings. The fourth-order valence-electron chi connectivity index (χ4n) is 3.17. The van der Waals surface area contributed by atoms with Gasteiger partial charge in [-0.3, -0.25) is 9.78 Å². The average molecular weight is 383 g/mol. The van der Waals surface area contributed by atoms with E-state index in [1.807, 2.05) is 25.3 Å². The quantitative estimate of drug-likeness (QED) is 0.671. The van der Waals surface area contributed by atoms with Crippen molar-refractivity contribution in [2.45, 2.75) is 26.0 Å². The summed E-state index contributed by atoms with van der Waals surface area (Å²) in [6.07, 6.45) is 4.29. The number of ether oxygens (including phenoxy) is 1. The van der Waals surface area contributed by atoms with Gasteiger partial charge in [0.1, 0.15) is 11.2 Å². The molecule has 0 saturated carbocycles. The van der Waals surface area contributed by atoms with Gasteiger partial charge >= 0.3 is 0 Å². The molecule has 3 aromatic rings. The number of benzene rings is 1. The van der Waals surface area contributed by atoms with Crippen LogP contribution < -0.4 is 10.6 Å². The molecule has 1 atom stereocenters. The molecule has 27 heavy (non-hydrogen) atoms. The van der Waals surface area contributed by atoms with Crippen LogP contribution in [0.1, 0.15) is 18.1 Å². The molecule has 1 aliphatic heterocycles. The Labute approximate surface area is 161 Å². The Kier molecular flexibility index (Phi) is 4.92. The summed E-state index contributed by atoms with van der Waals surface area (Å²) >= 11 is 5.77. The molecule has 0 aliphatic carbocycles. The maximum Gasteiger partial charge on any atom is 0.246 e. The second kappa shape index (κ2) is 7.50. The molecule has 7 heteroatoms. The highest BCUT2D eigenvalue weighted by atomic mass is 35.5. The van der Waals surface area contributed by atoms with Crippen LogP contribution in [-0.4, -0.2) is 28.5 Å². The van der Waals surface area contributed by atoms with Crippen LogP contribution in [-0.2, 0) is 22.6 Å². The molecule has 0 radical (unpaired) electrons. The average Bonchev–Trinajstić information content (AvgIpc) is 2.69. The number of fused-ring (bicyclic) bond motifs is 3. The number of nitrogens with zero attached hydrogens (tertiary/aromatic N) is 2. The Morgan fingerprint density at radius 2 is 2.04 bits per heavy atom. The third kappa shape index (κ3) is 3.86. The number of nitrogens with one attached hydrogen (secondary N) is 2. The Bertz CT molecular complexity index is 991. The van der Waals surface area contributed by atoms with Gasteiger partial charge in [-0.25, -0.2) is 4.98 Å². The lowest BCUT2D eigenvalue weighted by atomic mass is 9.99. The number of anilines is 2. The highest BCUT2D eigenvalue weighted by molar-refractivity contribution is 6.29. The molecular weight excluding hydrogens is 364 g/mol. The topological polar surface area (TPSA) is 76.1 Å². The molecule has 6 nitrogen and oxygen atoms in total. The Morgan fingerprint density at radius 3 is 2.85 bits per heavy atom. The van der Waals surface area contributed by atoms with Crippen LogP contribution in [0.15, 0.2) is 42.7 Å². The highest BCUT2D eigenvalue weighted by Gasteiger charge is 2.16. The zero-order chi connectivity index (χ0) is 18.8. The minimum Gasteiger partial charge on any atom is -0.376 e. The minimum absolute atomic E-state index is 0.152. The van der Waals surface area contributed by atoms with Gasteiger partial charge in [0.05, 0.1) is 30.6 Å². The Hall–Kier alpha value is -2.70. The van der Waals surface area contributed by atoms with Crippen molar-refractivity contribution in [3.8, 4) is 0 Å². The number of aromatic nitrogens is 2. The van der Waals surface area contributed by atoms with Crippen molar-refractivity contribution in [1.82, 2.24) is 9.97 Å².